The zero-order valence-electron chi connectivity index (χ0n) is 14.2. The zero-order valence-corrected chi connectivity index (χ0v) is 15.0. The number of aliphatic hydroxyl groups is 1. The SMILES string of the molecule is CCN(CC(=O)Nc1ccccc1OC)Cc1cnc([C@H](C)O)s1. The van der Waals surface area contributed by atoms with Gasteiger partial charge in [0.1, 0.15) is 16.9 Å². The minimum atomic E-state index is -0.562. The molecule has 0 saturated carbocycles. The molecule has 0 aliphatic heterocycles. The predicted molar refractivity (Wildman–Crippen MR) is 95.3 cm³/mol. The van der Waals surface area contributed by atoms with E-state index in [0.29, 0.717) is 23.0 Å². The van der Waals surface area contributed by atoms with Crippen LogP contribution in [0.4, 0.5) is 5.69 Å². The molecular weight excluding hydrogens is 326 g/mol. The molecule has 130 valence electrons. The number of amides is 1. The van der Waals surface area contributed by atoms with Crippen LogP contribution in [0.2, 0.25) is 0 Å². The molecule has 0 spiro atoms. The van der Waals surface area contributed by atoms with Crippen molar-refractivity contribution in [3.8, 4) is 5.75 Å². The van der Waals surface area contributed by atoms with Gasteiger partial charge in [0.2, 0.25) is 5.91 Å². The van der Waals surface area contributed by atoms with Crippen LogP contribution in [0.25, 0.3) is 0 Å². The largest absolute Gasteiger partial charge is 0.495 e. The van der Waals surface area contributed by atoms with Crippen LogP contribution in [-0.2, 0) is 11.3 Å². The third-order valence-corrected chi connectivity index (χ3v) is 4.66. The number of likely N-dealkylation sites (N-methyl/N-ethyl adjacent to an activating group) is 1. The molecule has 1 atom stereocenters. The Morgan fingerprint density at radius 3 is 2.83 bits per heavy atom. The minimum absolute atomic E-state index is 0.0957. The van der Waals surface area contributed by atoms with Gasteiger partial charge >= 0.3 is 0 Å². The Kier molecular flexibility index (Phi) is 6.72. The van der Waals surface area contributed by atoms with Crippen LogP contribution in [0.15, 0.2) is 30.5 Å². The van der Waals surface area contributed by atoms with Gasteiger partial charge < -0.3 is 15.2 Å². The number of thiazole rings is 1. The fraction of sp³-hybridized carbons (Fsp3) is 0.412. The summed E-state index contributed by atoms with van der Waals surface area (Å²) < 4.78 is 5.24. The van der Waals surface area contributed by atoms with E-state index in [9.17, 15) is 9.90 Å². The second-order valence-electron chi connectivity index (χ2n) is 5.39. The van der Waals surface area contributed by atoms with Gasteiger partial charge in [-0.15, -0.1) is 11.3 Å². The summed E-state index contributed by atoms with van der Waals surface area (Å²) in [4.78, 5) is 19.5. The van der Waals surface area contributed by atoms with Crippen LogP contribution in [-0.4, -0.2) is 41.1 Å². The van der Waals surface area contributed by atoms with Crippen molar-refractivity contribution in [2.75, 3.05) is 25.5 Å². The van der Waals surface area contributed by atoms with Crippen LogP contribution in [0.3, 0.4) is 0 Å². The van der Waals surface area contributed by atoms with Gasteiger partial charge in [0, 0.05) is 17.6 Å². The molecule has 0 saturated heterocycles. The monoisotopic (exact) mass is 349 g/mol. The number of ether oxygens (including phenoxy) is 1. The highest BCUT2D eigenvalue weighted by Crippen LogP contribution is 2.23. The molecule has 0 fully saturated rings. The number of rotatable bonds is 8. The second-order valence-corrected chi connectivity index (χ2v) is 6.54. The summed E-state index contributed by atoms with van der Waals surface area (Å²) in [5.74, 6) is 0.541. The summed E-state index contributed by atoms with van der Waals surface area (Å²) in [5.41, 5.74) is 0.662. The molecule has 1 aromatic heterocycles. The zero-order chi connectivity index (χ0) is 17.5. The molecular formula is C17H23N3O3S. The summed E-state index contributed by atoms with van der Waals surface area (Å²) in [6.07, 6.45) is 1.20. The van der Waals surface area contributed by atoms with Crippen molar-refractivity contribution in [1.29, 1.82) is 0 Å². The lowest BCUT2D eigenvalue weighted by Gasteiger charge is -2.19. The average Bonchev–Trinajstić information content (AvgIpc) is 3.03. The molecule has 2 rings (SSSR count). The Bertz CT molecular complexity index is 673. The van der Waals surface area contributed by atoms with Gasteiger partial charge in [-0.2, -0.15) is 0 Å². The number of para-hydroxylation sites is 2. The number of anilines is 1. The molecule has 0 aliphatic carbocycles. The maximum absolute atomic E-state index is 12.3. The summed E-state index contributed by atoms with van der Waals surface area (Å²) in [7, 11) is 1.58. The van der Waals surface area contributed by atoms with Crippen molar-refractivity contribution >= 4 is 22.9 Å². The van der Waals surface area contributed by atoms with E-state index in [1.807, 2.05) is 36.1 Å². The van der Waals surface area contributed by atoms with Gasteiger partial charge in [0.05, 0.1) is 19.3 Å². The molecule has 1 heterocycles. The minimum Gasteiger partial charge on any atom is -0.495 e. The van der Waals surface area contributed by atoms with E-state index < -0.39 is 6.10 Å². The topological polar surface area (TPSA) is 74.7 Å². The smallest absolute Gasteiger partial charge is 0.238 e. The number of aliphatic hydroxyl groups excluding tert-OH is 1. The maximum Gasteiger partial charge on any atom is 0.238 e. The van der Waals surface area contributed by atoms with Gasteiger partial charge in [-0.3, -0.25) is 9.69 Å². The molecule has 1 amide bonds. The molecule has 0 unspecified atom stereocenters. The lowest BCUT2D eigenvalue weighted by atomic mass is 10.3. The van der Waals surface area contributed by atoms with E-state index in [-0.39, 0.29) is 12.5 Å². The lowest BCUT2D eigenvalue weighted by Crippen LogP contribution is -2.32. The molecule has 0 radical (unpaired) electrons. The Labute approximate surface area is 146 Å². The van der Waals surface area contributed by atoms with E-state index in [0.717, 1.165) is 11.4 Å². The Morgan fingerprint density at radius 1 is 1.46 bits per heavy atom. The molecule has 6 nitrogen and oxygen atoms in total. The normalized spacial score (nSPS) is 12.2. The number of methoxy groups -OCH3 is 1. The van der Waals surface area contributed by atoms with Crippen molar-refractivity contribution < 1.29 is 14.6 Å². The molecule has 0 bridgehead atoms. The Balaban J connectivity index is 1.95. The summed E-state index contributed by atoms with van der Waals surface area (Å²) in [5, 5.41) is 13.1. The number of nitrogens with zero attached hydrogens (tertiary/aromatic N) is 2. The van der Waals surface area contributed by atoms with Gasteiger partial charge in [-0.1, -0.05) is 19.1 Å². The number of aromatic nitrogens is 1. The number of benzene rings is 1. The summed E-state index contributed by atoms with van der Waals surface area (Å²) in [6, 6.07) is 7.33. The van der Waals surface area contributed by atoms with E-state index in [1.54, 1.807) is 20.2 Å². The van der Waals surface area contributed by atoms with E-state index >= 15 is 0 Å². The molecule has 2 aromatic rings. The Morgan fingerprint density at radius 2 is 2.21 bits per heavy atom. The first kappa shape index (κ1) is 18.4. The number of carbonyl (C=O) groups excluding carboxylic acids is 1. The highest BCUT2D eigenvalue weighted by Gasteiger charge is 2.14. The van der Waals surface area contributed by atoms with Crippen molar-refractivity contribution in [3.63, 3.8) is 0 Å². The average molecular weight is 349 g/mol. The highest BCUT2D eigenvalue weighted by atomic mass is 32.1. The fourth-order valence-corrected chi connectivity index (χ4v) is 3.13. The maximum atomic E-state index is 12.3. The highest BCUT2D eigenvalue weighted by molar-refractivity contribution is 7.11. The number of hydrogen-bond acceptors (Lipinski definition) is 6. The van der Waals surface area contributed by atoms with Gasteiger partial charge in [-0.25, -0.2) is 4.98 Å². The standard InChI is InChI=1S/C17H23N3O3S/c1-4-20(10-13-9-18-17(24-13)12(2)21)11-16(22)19-14-7-5-6-8-15(14)23-3/h5-9,12,21H,4,10-11H2,1-3H3,(H,19,22)/t12-/m0/s1. The van der Waals surface area contributed by atoms with Crippen LogP contribution in [0.1, 0.15) is 29.8 Å². The van der Waals surface area contributed by atoms with Crippen LogP contribution < -0.4 is 10.1 Å². The second kappa shape index (κ2) is 8.77. The first-order chi connectivity index (χ1) is 11.5. The molecule has 1 aromatic carbocycles. The van der Waals surface area contributed by atoms with Crippen LogP contribution >= 0.6 is 11.3 Å². The molecule has 0 aliphatic rings. The predicted octanol–water partition coefficient (Wildman–Crippen LogP) is 2.67. The molecule has 24 heavy (non-hydrogen) atoms. The molecule has 2 N–H and O–H groups in total. The summed E-state index contributed by atoms with van der Waals surface area (Å²) >= 11 is 1.47. The van der Waals surface area contributed by atoms with Crippen molar-refractivity contribution in [2.24, 2.45) is 0 Å². The third kappa shape index (κ3) is 5.02. The summed E-state index contributed by atoms with van der Waals surface area (Å²) in [6.45, 7) is 5.34. The quantitative estimate of drug-likeness (QED) is 0.766. The first-order valence-corrected chi connectivity index (χ1v) is 8.63. The number of carbonyl (C=O) groups is 1. The van der Waals surface area contributed by atoms with Crippen LogP contribution in [0, 0.1) is 0 Å². The third-order valence-electron chi connectivity index (χ3n) is 3.50. The van der Waals surface area contributed by atoms with Crippen molar-refractivity contribution in [2.45, 2.75) is 26.5 Å². The van der Waals surface area contributed by atoms with E-state index in [4.69, 9.17) is 4.74 Å². The van der Waals surface area contributed by atoms with Crippen LogP contribution in [0.5, 0.6) is 5.75 Å². The lowest BCUT2D eigenvalue weighted by molar-refractivity contribution is -0.117. The number of hydrogen-bond donors (Lipinski definition) is 2. The van der Waals surface area contributed by atoms with Gasteiger partial charge in [0.15, 0.2) is 0 Å². The van der Waals surface area contributed by atoms with E-state index in [1.165, 1.54) is 11.3 Å². The van der Waals surface area contributed by atoms with E-state index in [2.05, 4.69) is 10.3 Å². The first-order valence-electron chi connectivity index (χ1n) is 7.81. The fourth-order valence-electron chi connectivity index (χ4n) is 2.23. The molecule has 7 heteroatoms. The van der Waals surface area contributed by atoms with Gasteiger partial charge in [0.25, 0.3) is 0 Å². The van der Waals surface area contributed by atoms with Gasteiger partial charge in [-0.05, 0) is 25.6 Å². The van der Waals surface area contributed by atoms with Crippen molar-refractivity contribution in [1.82, 2.24) is 9.88 Å². The number of nitrogens with one attached hydrogen (secondary N) is 1. The Hall–Kier alpha value is -1.96. The van der Waals surface area contributed by atoms with Crippen molar-refractivity contribution in [3.05, 3.63) is 40.3 Å².